The van der Waals surface area contributed by atoms with Gasteiger partial charge in [-0.3, -0.25) is 4.79 Å². The number of para-hydroxylation sites is 1. The molecule has 1 aliphatic rings. The number of hydrogen-bond donors (Lipinski definition) is 0. The number of rotatable bonds is 7. The standard InChI is InChI=1S/C22H23N3O3S/c1-15-14-19(21(26)28-15)29-22-24-23-20(17-10-6-7-11-18(17)27-2)25(22)13-12-16-8-4-3-5-9-16/h3-11,15,19H,12-14H2,1-2H3/t15-,19+/m1/s1. The second-order valence-electron chi connectivity index (χ2n) is 6.98. The molecule has 1 fully saturated rings. The highest BCUT2D eigenvalue weighted by atomic mass is 32.2. The molecule has 1 saturated heterocycles. The minimum atomic E-state index is -0.254. The van der Waals surface area contributed by atoms with E-state index in [0.717, 1.165) is 28.7 Å². The van der Waals surface area contributed by atoms with Crippen LogP contribution in [-0.4, -0.2) is 39.2 Å². The van der Waals surface area contributed by atoms with E-state index < -0.39 is 0 Å². The number of hydrogen-bond acceptors (Lipinski definition) is 6. The zero-order valence-corrected chi connectivity index (χ0v) is 17.3. The molecule has 150 valence electrons. The van der Waals surface area contributed by atoms with Crippen LogP contribution < -0.4 is 4.74 Å². The number of carbonyl (C=O) groups excluding carboxylic acids is 1. The van der Waals surface area contributed by atoms with Gasteiger partial charge >= 0.3 is 5.97 Å². The maximum atomic E-state index is 12.1. The summed E-state index contributed by atoms with van der Waals surface area (Å²) in [6.07, 6.45) is 1.45. The summed E-state index contributed by atoms with van der Waals surface area (Å²) in [5.41, 5.74) is 2.11. The van der Waals surface area contributed by atoms with Gasteiger partial charge in [-0.05, 0) is 31.0 Å². The van der Waals surface area contributed by atoms with Crippen LogP contribution in [0.4, 0.5) is 0 Å². The third-order valence-corrected chi connectivity index (χ3v) is 6.09. The van der Waals surface area contributed by atoms with Crippen LogP contribution in [0.5, 0.6) is 5.75 Å². The Bertz CT molecular complexity index is 990. The van der Waals surface area contributed by atoms with Gasteiger partial charge in [0.25, 0.3) is 0 Å². The van der Waals surface area contributed by atoms with Gasteiger partial charge in [-0.15, -0.1) is 10.2 Å². The molecule has 0 amide bonds. The second kappa shape index (κ2) is 8.69. The first kappa shape index (κ1) is 19.5. The van der Waals surface area contributed by atoms with Gasteiger partial charge in [-0.1, -0.05) is 54.2 Å². The minimum absolute atomic E-state index is 0.0608. The summed E-state index contributed by atoms with van der Waals surface area (Å²) < 4.78 is 12.9. The molecule has 0 N–H and O–H groups in total. The molecule has 2 heterocycles. The highest BCUT2D eigenvalue weighted by Gasteiger charge is 2.34. The SMILES string of the molecule is COc1ccccc1-c1nnc(S[C@H]2C[C@@H](C)OC2=O)n1CCc1ccccc1. The number of thioether (sulfide) groups is 1. The van der Waals surface area contributed by atoms with Crippen molar-refractivity contribution < 1.29 is 14.3 Å². The van der Waals surface area contributed by atoms with E-state index in [9.17, 15) is 4.79 Å². The molecule has 29 heavy (non-hydrogen) atoms. The zero-order valence-electron chi connectivity index (χ0n) is 16.4. The van der Waals surface area contributed by atoms with Crippen molar-refractivity contribution in [1.29, 1.82) is 0 Å². The lowest BCUT2D eigenvalue weighted by atomic mass is 10.1. The number of esters is 1. The van der Waals surface area contributed by atoms with Crippen LogP contribution in [0.15, 0.2) is 59.8 Å². The number of carbonyl (C=O) groups is 1. The van der Waals surface area contributed by atoms with Gasteiger partial charge in [0.2, 0.25) is 0 Å². The average Bonchev–Trinajstić information content (AvgIpc) is 3.29. The van der Waals surface area contributed by atoms with Crippen molar-refractivity contribution in [2.75, 3.05) is 7.11 Å². The van der Waals surface area contributed by atoms with E-state index in [1.165, 1.54) is 17.3 Å². The molecule has 2 atom stereocenters. The monoisotopic (exact) mass is 409 g/mol. The molecule has 3 aromatic rings. The summed E-state index contributed by atoms with van der Waals surface area (Å²) in [4.78, 5) is 12.1. The Morgan fingerprint density at radius 2 is 1.90 bits per heavy atom. The average molecular weight is 410 g/mol. The summed E-state index contributed by atoms with van der Waals surface area (Å²) >= 11 is 1.43. The fourth-order valence-corrected chi connectivity index (χ4v) is 4.60. The molecule has 0 unspecified atom stereocenters. The molecular weight excluding hydrogens is 386 g/mol. The van der Waals surface area contributed by atoms with Crippen LogP contribution in [0, 0.1) is 0 Å². The number of nitrogens with zero attached hydrogens (tertiary/aromatic N) is 3. The van der Waals surface area contributed by atoms with E-state index in [4.69, 9.17) is 9.47 Å². The van der Waals surface area contributed by atoms with Gasteiger partial charge in [0.15, 0.2) is 11.0 Å². The van der Waals surface area contributed by atoms with E-state index in [-0.39, 0.29) is 17.3 Å². The molecule has 1 aromatic heterocycles. The molecule has 0 radical (unpaired) electrons. The maximum Gasteiger partial charge on any atom is 0.319 e. The molecule has 4 rings (SSSR count). The van der Waals surface area contributed by atoms with Gasteiger partial charge in [0.1, 0.15) is 17.1 Å². The number of aromatic nitrogens is 3. The third-order valence-electron chi connectivity index (χ3n) is 4.91. The van der Waals surface area contributed by atoms with Crippen LogP contribution in [-0.2, 0) is 22.5 Å². The van der Waals surface area contributed by atoms with E-state index in [1.54, 1.807) is 7.11 Å². The number of aryl methyl sites for hydroxylation is 1. The smallest absolute Gasteiger partial charge is 0.319 e. The van der Waals surface area contributed by atoms with Crippen LogP contribution in [0.2, 0.25) is 0 Å². The van der Waals surface area contributed by atoms with Crippen molar-refractivity contribution in [2.45, 2.75) is 42.8 Å². The van der Waals surface area contributed by atoms with E-state index in [1.807, 2.05) is 49.4 Å². The van der Waals surface area contributed by atoms with Crippen molar-refractivity contribution in [1.82, 2.24) is 14.8 Å². The number of methoxy groups -OCH3 is 1. The summed E-state index contributed by atoms with van der Waals surface area (Å²) in [6, 6.07) is 18.1. The summed E-state index contributed by atoms with van der Waals surface area (Å²) in [5.74, 6) is 1.30. The fraction of sp³-hybridized carbons (Fsp3) is 0.318. The quantitative estimate of drug-likeness (QED) is 0.550. The first-order valence-electron chi connectivity index (χ1n) is 9.63. The number of benzene rings is 2. The lowest BCUT2D eigenvalue weighted by molar-refractivity contribution is -0.140. The molecule has 7 heteroatoms. The summed E-state index contributed by atoms with van der Waals surface area (Å²) in [5, 5.41) is 9.34. The zero-order chi connectivity index (χ0) is 20.2. The van der Waals surface area contributed by atoms with Crippen LogP contribution >= 0.6 is 11.8 Å². The third kappa shape index (κ3) is 4.29. The molecule has 1 aliphatic heterocycles. The normalized spacial score (nSPS) is 18.6. The Kier molecular flexibility index (Phi) is 5.85. The van der Waals surface area contributed by atoms with Crippen LogP contribution in [0.25, 0.3) is 11.4 Å². The maximum absolute atomic E-state index is 12.1. The molecular formula is C22H23N3O3S. The van der Waals surface area contributed by atoms with Crippen molar-refractivity contribution in [3.05, 3.63) is 60.2 Å². The minimum Gasteiger partial charge on any atom is -0.496 e. The first-order valence-corrected chi connectivity index (χ1v) is 10.5. The van der Waals surface area contributed by atoms with Crippen molar-refractivity contribution >= 4 is 17.7 Å². The predicted molar refractivity (Wildman–Crippen MR) is 112 cm³/mol. The lowest BCUT2D eigenvalue weighted by Crippen LogP contribution is -2.12. The highest BCUT2D eigenvalue weighted by molar-refractivity contribution is 8.00. The number of ether oxygens (including phenoxy) is 2. The molecule has 0 aliphatic carbocycles. The predicted octanol–water partition coefficient (Wildman–Crippen LogP) is 3.99. The van der Waals surface area contributed by atoms with Gasteiger partial charge in [0.05, 0.1) is 12.7 Å². The second-order valence-corrected chi connectivity index (χ2v) is 8.15. The van der Waals surface area contributed by atoms with Crippen LogP contribution in [0.3, 0.4) is 0 Å². The molecule has 6 nitrogen and oxygen atoms in total. The van der Waals surface area contributed by atoms with Crippen molar-refractivity contribution in [3.63, 3.8) is 0 Å². The van der Waals surface area contributed by atoms with E-state index in [2.05, 4.69) is 26.9 Å². The van der Waals surface area contributed by atoms with Gasteiger partial charge in [-0.25, -0.2) is 0 Å². The summed E-state index contributed by atoms with van der Waals surface area (Å²) in [6.45, 7) is 2.61. The van der Waals surface area contributed by atoms with Gasteiger partial charge in [0, 0.05) is 13.0 Å². The Morgan fingerprint density at radius 3 is 2.62 bits per heavy atom. The number of cyclic esters (lactones) is 1. The van der Waals surface area contributed by atoms with E-state index >= 15 is 0 Å². The molecule has 2 aromatic carbocycles. The first-order chi connectivity index (χ1) is 14.2. The van der Waals surface area contributed by atoms with Gasteiger partial charge < -0.3 is 14.0 Å². The van der Waals surface area contributed by atoms with Gasteiger partial charge in [-0.2, -0.15) is 0 Å². The highest BCUT2D eigenvalue weighted by Crippen LogP contribution is 2.35. The largest absolute Gasteiger partial charge is 0.496 e. The van der Waals surface area contributed by atoms with Crippen molar-refractivity contribution in [2.24, 2.45) is 0 Å². The molecule has 0 bridgehead atoms. The molecule has 0 spiro atoms. The van der Waals surface area contributed by atoms with Crippen LogP contribution in [0.1, 0.15) is 18.9 Å². The fourth-order valence-electron chi connectivity index (χ4n) is 3.44. The van der Waals surface area contributed by atoms with E-state index in [0.29, 0.717) is 13.0 Å². The molecule has 0 saturated carbocycles. The Morgan fingerprint density at radius 1 is 1.14 bits per heavy atom. The summed E-state index contributed by atoms with van der Waals surface area (Å²) in [7, 11) is 1.65. The lowest BCUT2D eigenvalue weighted by Gasteiger charge is -2.13. The van der Waals surface area contributed by atoms with Crippen molar-refractivity contribution in [3.8, 4) is 17.1 Å². The topological polar surface area (TPSA) is 66.2 Å². The Labute approximate surface area is 174 Å². The Hall–Kier alpha value is -2.80. The Balaban J connectivity index is 1.67.